The summed E-state index contributed by atoms with van der Waals surface area (Å²) in [6, 6.07) is 9.47. The monoisotopic (exact) mass is 164 g/mol. The first kappa shape index (κ1) is 8.74. The van der Waals surface area contributed by atoms with Crippen molar-refractivity contribution in [2.75, 3.05) is 7.11 Å². The average Bonchev–Trinajstić information content (AvgIpc) is 2.07. The minimum atomic E-state index is -0.411. The molecule has 0 radical (unpaired) electrons. The topological polar surface area (TPSA) is 59.1 Å². The van der Waals surface area contributed by atoms with Gasteiger partial charge in [0.25, 0.3) is 0 Å². The first-order valence-corrected chi connectivity index (χ1v) is 3.67. The van der Waals surface area contributed by atoms with Crippen LogP contribution in [0.1, 0.15) is 11.7 Å². The first-order chi connectivity index (χ1) is 5.75. The Hall–Kier alpha value is -1.35. The number of hydrogen-bond donors (Lipinski definition) is 2. The highest BCUT2D eigenvalue weighted by molar-refractivity contribution is 5.83. The van der Waals surface area contributed by atoms with E-state index in [0.29, 0.717) is 0 Å². The van der Waals surface area contributed by atoms with E-state index in [0.717, 1.165) is 5.56 Å². The fourth-order valence-corrected chi connectivity index (χ4v) is 1.07. The smallest absolute Gasteiger partial charge is 0.138 e. The predicted molar refractivity (Wildman–Crippen MR) is 48.1 cm³/mol. The third-order valence-corrected chi connectivity index (χ3v) is 1.62. The second kappa shape index (κ2) is 3.88. The van der Waals surface area contributed by atoms with Crippen molar-refractivity contribution < 1.29 is 4.74 Å². The SMILES string of the molecule is COC(C(=N)N)c1ccccc1. The Kier molecular flexibility index (Phi) is 2.82. The maximum Gasteiger partial charge on any atom is 0.138 e. The number of nitrogens with two attached hydrogens (primary N) is 1. The van der Waals surface area contributed by atoms with E-state index < -0.39 is 6.10 Å². The van der Waals surface area contributed by atoms with Gasteiger partial charge in [0.05, 0.1) is 0 Å². The molecule has 1 aromatic carbocycles. The highest BCUT2D eigenvalue weighted by Gasteiger charge is 2.11. The molecule has 0 fully saturated rings. The van der Waals surface area contributed by atoms with Gasteiger partial charge in [-0.3, -0.25) is 5.41 Å². The molecule has 0 saturated carbocycles. The Labute approximate surface area is 71.7 Å². The van der Waals surface area contributed by atoms with Gasteiger partial charge in [0.1, 0.15) is 11.9 Å². The maximum atomic E-state index is 7.24. The van der Waals surface area contributed by atoms with Crippen LogP contribution in [0.3, 0.4) is 0 Å². The lowest BCUT2D eigenvalue weighted by Gasteiger charge is -2.12. The molecule has 3 N–H and O–H groups in total. The lowest BCUT2D eigenvalue weighted by molar-refractivity contribution is 0.156. The number of benzene rings is 1. The van der Waals surface area contributed by atoms with Gasteiger partial charge in [0, 0.05) is 7.11 Å². The third kappa shape index (κ3) is 1.83. The number of ether oxygens (including phenoxy) is 1. The van der Waals surface area contributed by atoms with E-state index in [4.69, 9.17) is 15.9 Å². The molecule has 64 valence electrons. The summed E-state index contributed by atoms with van der Waals surface area (Å²) in [6.45, 7) is 0. The Morgan fingerprint density at radius 1 is 1.42 bits per heavy atom. The first-order valence-electron chi connectivity index (χ1n) is 3.67. The number of nitrogens with one attached hydrogen (secondary N) is 1. The van der Waals surface area contributed by atoms with Crippen LogP contribution in [0, 0.1) is 5.41 Å². The van der Waals surface area contributed by atoms with E-state index >= 15 is 0 Å². The van der Waals surface area contributed by atoms with E-state index in [2.05, 4.69) is 0 Å². The van der Waals surface area contributed by atoms with Crippen LogP contribution in [0.2, 0.25) is 0 Å². The number of rotatable bonds is 3. The molecule has 1 atom stereocenters. The third-order valence-electron chi connectivity index (χ3n) is 1.62. The molecule has 0 aliphatic rings. The van der Waals surface area contributed by atoms with Crippen LogP contribution >= 0.6 is 0 Å². The Morgan fingerprint density at radius 3 is 2.42 bits per heavy atom. The number of hydrogen-bond acceptors (Lipinski definition) is 2. The Morgan fingerprint density at radius 2 is 2.00 bits per heavy atom. The quantitative estimate of drug-likeness (QED) is 0.522. The van der Waals surface area contributed by atoms with E-state index in [-0.39, 0.29) is 5.84 Å². The summed E-state index contributed by atoms with van der Waals surface area (Å²) in [5, 5.41) is 7.24. The Balaban J connectivity index is 2.88. The summed E-state index contributed by atoms with van der Waals surface area (Å²) >= 11 is 0. The van der Waals surface area contributed by atoms with E-state index in [9.17, 15) is 0 Å². The highest BCUT2D eigenvalue weighted by Crippen LogP contribution is 2.14. The molecule has 0 saturated heterocycles. The minimum absolute atomic E-state index is 0.0312. The summed E-state index contributed by atoms with van der Waals surface area (Å²) in [5.41, 5.74) is 6.25. The zero-order valence-corrected chi connectivity index (χ0v) is 6.95. The Bertz CT molecular complexity index is 258. The molecule has 0 heterocycles. The van der Waals surface area contributed by atoms with Crippen molar-refractivity contribution in [3.05, 3.63) is 35.9 Å². The van der Waals surface area contributed by atoms with Crippen molar-refractivity contribution in [1.82, 2.24) is 0 Å². The number of methoxy groups -OCH3 is 1. The molecule has 0 bridgehead atoms. The van der Waals surface area contributed by atoms with Gasteiger partial charge >= 0.3 is 0 Å². The van der Waals surface area contributed by atoms with Crippen molar-refractivity contribution in [2.45, 2.75) is 6.10 Å². The van der Waals surface area contributed by atoms with Crippen LogP contribution in [-0.2, 0) is 4.74 Å². The predicted octanol–water partition coefficient (Wildman–Crippen LogP) is 1.31. The largest absolute Gasteiger partial charge is 0.385 e. The van der Waals surface area contributed by atoms with Gasteiger partial charge in [-0.05, 0) is 5.56 Å². The van der Waals surface area contributed by atoms with Gasteiger partial charge < -0.3 is 10.5 Å². The van der Waals surface area contributed by atoms with Gasteiger partial charge in [0.2, 0.25) is 0 Å². The fourth-order valence-electron chi connectivity index (χ4n) is 1.07. The molecule has 1 rings (SSSR count). The molecule has 1 unspecified atom stereocenters. The van der Waals surface area contributed by atoms with Crippen LogP contribution in [0.25, 0.3) is 0 Å². The van der Waals surface area contributed by atoms with Crippen molar-refractivity contribution in [3.8, 4) is 0 Å². The summed E-state index contributed by atoms with van der Waals surface area (Å²) < 4.78 is 5.05. The van der Waals surface area contributed by atoms with Crippen molar-refractivity contribution in [1.29, 1.82) is 5.41 Å². The molecule has 12 heavy (non-hydrogen) atoms. The average molecular weight is 164 g/mol. The van der Waals surface area contributed by atoms with Gasteiger partial charge in [-0.25, -0.2) is 0 Å². The lowest BCUT2D eigenvalue weighted by Crippen LogP contribution is -2.21. The van der Waals surface area contributed by atoms with Crippen molar-refractivity contribution in [2.24, 2.45) is 5.73 Å². The second-order valence-corrected chi connectivity index (χ2v) is 2.48. The summed E-state index contributed by atoms with van der Waals surface area (Å²) in [5.74, 6) is 0.0312. The molecule has 0 aromatic heterocycles. The normalized spacial score (nSPS) is 12.4. The highest BCUT2D eigenvalue weighted by atomic mass is 16.5. The van der Waals surface area contributed by atoms with Gasteiger partial charge in [-0.2, -0.15) is 0 Å². The summed E-state index contributed by atoms with van der Waals surface area (Å²) in [7, 11) is 1.54. The van der Waals surface area contributed by atoms with E-state index in [1.54, 1.807) is 7.11 Å². The van der Waals surface area contributed by atoms with Gasteiger partial charge in [-0.15, -0.1) is 0 Å². The van der Waals surface area contributed by atoms with Crippen LogP contribution < -0.4 is 5.73 Å². The molecule has 0 spiro atoms. The second-order valence-electron chi connectivity index (χ2n) is 2.48. The van der Waals surface area contributed by atoms with E-state index in [1.165, 1.54) is 0 Å². The molecule has 0 amide bonds. The van der Waals surface area contributed by atoms with Crippen LogP contribution in [-0.4, -0.2) is 12.9 Å². The van der Waals surface area contributed by atoms with Crippen molar-refractivity contribution in [3.63, 3.8) is 0 Å². The van der Waals surface area contributed by atoms with Crippen LogP contribution in [0.15, 0.2) is 30.3 Å². The van der Waals surface area contributed by atoms with Gasteiger partial charge in [-0.1, -0.05) is 30.3 Å². The zero-order chi connectivity index (χ0) is 8.97. The molecular formula is C9H12N2O. The molecule has 1 aromatic rings. The van der Waals surface area contributed by atoms with Crippen LogP contribution in [0.5, 0.6) is 0 Å². The summed E-state index contributed by atoms with van der Waals surface area (Å²) in [4.78, 5) is 0. The zero-order valence-electron chi connectivity index (χ0n) is 6.95. The standard InChI is InChI=1S/C9H12N2O/c1-12-8(9(10)11)7-5-3-2-4-6-7/h2-6,8H,1H3,(H3,10,11). The summed E-state index contributed by atoms with van der Waals surface area (Å²) in [6.07, 6.45) is -0.411. The molecule has 0 aliphatic heterocycles. The van der Waals surface area contributed by atoms with Crippen LogP contribution in [0.4, 0.5) is 0 Å². The fraction of sp³-hybridized carbons (Fsp3) is 0.222. The maximum absolute atomic E-state index is 7.24. The molecule has 3 nitrogen and oxygen atoms in total. The van der Waals surface area contributed by atoms with Gasteiger partial charge in [0.15, 0.2) is 0 Å². The number of amidine groups is 1. The molecule has 3 heteroatoms. The lowest BCUT2D eigenvalue weighted by atomic mass is 10.1. The van der Waals surface area contributed by atoms with E-state index in [1.807, 2.05) is 30.3 Å². The van der Waals surface area contributed by atoms with Crippen molar-refractivity contribution >= 4 is 5.84 Å². The molecular weight excluding hydrogens is 152 g/mol. The minimum Gasteiger partial charge on any atom is -0.385 e. The molecule has 0 aliphatic carbocycles.